The molecule has 2 amide bonds. The van der Waals surface area contributed by atoms with E-state index in [4.69, 9.17) is 9.72 Å². The van der Waals surface area contributed by atoms with Crippen molar-refractivity contribution in [2.75, 3.05) is 31.1 Å². The average molecular weight is 538 g/mol. The van der Waals surface area contributed by atoms with Crippen LogP contribution in [0.2, 0.25) is 0 Å². The molecule has 39 heavy (non-hydrogen) atoms. The highest BCUT2D eigenvalue weighted by atomic mass is 16.5. The van der Waals surface area contributed by atoms with E-state index < -0.39 is 11.7 Å². The van der Waals surface area contributed by atoms with Crippen molar-refractivity contribution >= 4 is 23.4 Å². The molecule has 3 heterocycles. The number of Topliss-reactive ketones (excluding diaryl/α,β-unsaturated/α-hetero) is 1. The molecule has 1 aromatic heterocycles. The van der Waals surface area contributed by atoms with Gasteiger partial charge in [-0.05, 0) is 44.6 Å². The summed E-state index contributed by atoms with van der Waals surface area (Å²) in [6.45, 7) is 12.9. The van der Waals surface area contributed by atoms with Gasteiger partial charge in [-0.3, -0.25) is 14.4 Å². The Kier molecular flexibility index (Phi) is 8.95. The first-order valence-electron chi connectivity index (χ1n) is 14.5. The third kappa shape index (κ3) is 6.60. The summed E-state index contributed by atoms with van der Waals surface area (Å²) in [6.07, 6.45) is 4.58. The average Bonchev–Trinajstić information content (AvgIpc) is 3.75. The first-order chi connectivity index (χ1) is 18.6. The first-order valence-corrected chi connectivity index (χ1v) is 14.5. The lowest BCUT2D eigenvalue weighted by Crippen LogP contribution is -2.57. The predicted molar refractivity (Wildman–Crippen MR) is 148 cm³/mol. The maximum absolute atomic E-state index is 13.2. The van der Waals surface area contributed by atoms with Gasteiger partial charge in [0.15, 0.2) is 0 Å². The summed E-state index contributed by atoms with van der Waals surface area (Å²) in [5.41, 5.74) is 3.52. The molecule has 1 aliphatic carbocycles. The Labute approximate surface area is 232 Å². The number of ether oxygens (including phenoxy) is 1. The molecule has 3 aliphatic rings. The molecule has 4 rings (SSSR count). The maximum atomic E-state index is 13.2. The molecule has 0 radical (unpaired) electrons. The second-order valence-corrected chi connectivity index (χ2v) is 12.1. The summed E-state index contributed by atoms with van der Waals surface area (Å²) in [4.78, 5) is 46.6. The second kappa shape index (κ2) is 12.0. The SMILES string of the molecule is CCCCNC(=O)C(=O)CCC(=O)N1CCN(c2nc(C3CC3)c3c(c2C#N)CC(C)(C)OC3)C[C@H]1C(C)C. The smallest absolute Gasteiger partial charge is 0.287 e. The third-order valence-corrected chi connectivity index (χ3v) is 8.15. The minimum Gasteiger partial charge on any atom is -0.370 e. The largest absolute Gasteiger partial charge is 0.370 e. The highest BCUT2D eigenvalue weighted by Crippen LogP contribution is 2.46. The number of hydrogen-bond acceptors (Lipinski definition) is 7. The summed E-state index contributed by atoms with van der Waals surface area (Å²) < 4.78 is 6.11. The van der Waals surface area contributed by atoms with Crippen LogP contribution in [0, 0.1) is 17.2 Å². The molecule has 0 bridgehead atoms. The molecule has 1 N–H and O–H groups in total. The summed E-state index contributed by atoms with van der Waals surface area (Å²) in [6, 6.07) is 2.38. The monoisotopic (exact) mass is 537 g/mol. The summed E-state index contributed by atoms with van der Waals surface area (Å²) >= 11 is 0. The van der Waals surface area contributed by atoms with Gasteiger partial charge in [0, 0.05) is 56.9 Å². The van der Waals surface area contributed by atoms with Crippen LogP contribution in [0.4, 0.5) is 5.82 Å². The van der Waals surface area contributed by atoms with Gasteiger partial charge in [0.25, 0.3) is 5.91 Å². The number of amides is 2. The number of pyridine rings is 1. The van der Waals surface area contributed by atoms with Crippen molar-refractivity contribution in [2.45, 2.75) is 104 Å². The van der Waals surface area contributed by atoms with Crippen LogP contribution in [0.5, 0.6) is 0 Å². The maximum Gasteiger partial charge on any atom is 0.287 e. The fraction of sp³-hybridized carbons (Fsp3) is 0.700. The van der Waals surface area contributed by atoms with Crippen molar-refractivity contribution in [3.8, 4) is 6.07 Å². The van der Waals surface area contributed by atoms with Gasteiger partial charge in [-0.15, -0.1) is 0 Å². The fourth-order valence-electron chi connectivity index (χ4n) is 5.66. The number of rotatable bonds is 10. The van der Waals surface area contributed by atoms with Crippen LogP contribution in [0.1, 0.15) is 101 Å². The van der Waals surface area contributed by atoms with Gasteiger partial charge in [0.1, 0.15) is 11.9 Å². The number of carbonyl (C=O) groups is 3. The van der Waals surface area contributed by atoms with Gasteiger partial charge in [-0.25, -0.2) is 4.98 Å². The van der Waals surface area contributed by atoms with Crippen LogP contribution in [-0.4, -0.2) is 65.3 Å². The molecule has 0 spiro atoms. The quantitative estimate of drug-likeness (QED) is 0.358. The van der Waals surface area contributed by atoms with Crippen LogP contribution in [0.15, 0.2) is 0 Å². The fourth-order valence-corrected chi connectivity index (χ4v) is 5.66. The van der Waals surface area contributed by atoms with Gasteiger partial charge in [-0.2, -0.15) is 5.26 Å². The zero-order valence-corrected chi connectivity index (χ0v) is 24.1. The predicted octanol–water partition coefficient (Wildman–Crippen LogP) is 3.62. The van der Waals surface area contributed by atoms with Crippen molar-refractivity contribution in [3.05, 3.63) is 22.4 Å². The van der Waals surface area contributed by atoms with Gasteiger partial charge in [0.2, 0.25) is 11.7 Å². The van der Waals surface area contributed by atoms with Crippen LogP contribution in [0.3, 0.4) is 0 Å². The minimum absolute atomic E-state index is 0.0186. The Morgan fingerprint density at radius 2 is 1.92 bits per heavy atom. The normalized spacial score (nSPS) is 20.4. The molecular formula is C30H43N5O4. The summed E-state index contributed by atoms with van der Waals surface area (Å²) in [5.74, 6) is 0.0606. The number of unbranched alkanes of at least 4 members (excludes halogenated alkanes) is 1. The molecule has 2 fully saturated rings. The van der Waals surface area contributed by atoms with Crippen LogP contribution < -0.4 is 10.2 Å². The Hall–Kier alpha value is -2.99. The van der Waals surface area contributed by atoms with Gasteiger partial charge < -0.3 is 19.9 Å². The van der Waals surface area contributed by atoms with Gasteiger partial charge in [0.05, 0.1) is 29.5 Å². The van der Waals surface area contributed by atoms with Crippen LogP contribution in [0.25, 0.3) is 0 Å². The number of anilines is 1. The summed E-state index contributed by atoms with van der Waals surface area (Å²) in [7, 11) is 0. The van der Waals surface area contributed by atoms with Crippen molar-refractivity contribution in [1.29, 1.82) is 5.26 Å². The molecular weight excluding hydrogens is 494 g/mol. The first kappa shape index (κ1) is 29.0. The highest BCUT2D eigenvalue weighted by molar-refractivity contribution is 6.36. The molecule has 212 valence electrons. The molecule has 1 saturated carbocycles. The third-order valence-electron chi connectivity index (χ3n) is 8.15. The number of hydrogen-bond donors (Lipinski definition) is 1. The van der Waals surface area contributed by atoms with Crippen LogP contribution in [-0.2, 0) is 32.1 Å². The molecule has 2 aliphatic heterocycles. The van der Waals surface area contributed by atoms with E-state index in [0.29, 0.717) is 50.7 Å². The number of nitrogens with zero attached hydrogens (tertiary/aromatic N) is 4. The number of piperazine rings is 1. The standard InChI is InChI=1S/C30H43N5O4/c1-6-7-12-32-29(38)25(36)10-11-26(37)35-14-13-34(17-24(35)19(2)3)28-22(16-31)21-15-30(4,5)39-18-23(21)27(33-28)20-8-9-20/h19-20,24H,6-15,17-18H2,1-5H3,(H,32,38)/t24-/m0/s1. The lowest BCUT2D eigenvalue weighted by molar-refractivity contribution is -0.140. The molecule has 1 aromatic rings. The molecule has 0 aromatic carbocycles. The van der Waals surface area contributed by atoms with E-state index in [-0.39, 0.29) is 36.3 Å². The Morgan fingerprint density at radius 3 is 2.56 bits per heavy atom. The van der Waals surface area contributed by atoms with E-state index in [1.165, 1.54) is 0 Å². The number of carbonyl (C=O) groups excluding carboxylic acids is 3. The van der Waals surface area contributed by atoms with E-state index in [9.17, 15) is 19.6 Å². The Balaban J connectivity index is 1.50. The lowest BCUT2D eigenvalue weighted by atomic mass is 9.87. The van der Waals surface area contributed by atoms with Crippen molar-refractivity contribution < 1.29 is 19.1 Å². The number of nitrogens with one attached hydrogen (secondary N) is 1. The highest BCUT2D eigenvalue weighted by Gasteiger charge is 2.39. The second-order valence-electron chi connectivity index (χ2n) is 12.1. The van der Waals surface area contributed by atoms with E-state index >= 15 is 0 Å². The molecule has 1 atom stereocenters. The topological polar surface area (TPSA) is 116 Å². The Morgan fingerprint density at radius 1 is 1.18 bits per heavy atom. The van der Waals surface area contributed by atoms with E-state index in [0.717, 1.165) is 48.3 Å². The Bertz CT molecular complexity index is 1150. The van der Waals surface area contributed by atoms with Crippen molar-refractivity contribution in [1.82, 2.24) is 15.2 Å². The number of aromatic nitrogens is 1. The number of fused-ring (bicyclic) bond motifs is 1. The molecule has 9 nitrogen and oxygen atoms in total. The van der Waals surface area contributed by atoms with Crippen LogP contribution >= 0.6 is 0 Å². The number of ketones is 1. The van der Waals surface area contributed by atoms with E-state index in [1.54, 1.807) is 0 Å². The molecule has 0 unspecified atom stereocenters. The van der Waals surface area contributed by atoms with E-state index in [1.807, 2.05) is 11.8 Å². The molecule has 9 heteroatoms. The van der Waals surface area contributed by atoms with Crippen molar-refractivity contribution in [3.63, 3.8) is 0 Å². The lowest BCUT2D eigenvalue weighted by Gasteiger charge is -2.44. The van der Waals surface area contributed by atoms with Gasteiger partial charge in [-0.1, -0.05) is 27.2 Å². The number of nitriles is 1. The molecule has 1 saturated heterocycles. The van der Waals surface area contributed by atoms with Gasteiger partial charge >= 0.3 is 0 Å². The van der Waals surface area contributed by atoms with E-state index in [2.05, 4.69) is 44.0 Å². The zero-order chi connectivity index (χ0) is 28.3. The summed E-state index contributed by atoms with van der Waals surface area (Å²) in [5, 5.41) is 12.9. The zero-order valence-electron chi connectivity index (χ0n) is 24.1. The minimum atomic E-state index is -0.607. The van der Waals surface area contributed by atoms with Crippen molar-refractivity contribution in [2.24, 2.45) is 5.92 Å².